The van der Waals surface area contributed by atoms with Gasteiger partial charge in [-0.05, 0) is 31.4 Å². The van der Waals surface area contributed by atoms with Gasteiger partial charge in [0.15, 0.2) is 0 Å². The second kappa shape index (κ2) is 5.14. The van der Waals surface area contributed by atoms with Crippen LogP contribution in [0.1, 0.15) is 24.1 Å². The Morgan fingerprint density at radius 2 is 2.06 bits per heavy atom. The van der Waals surface area contributed by atoms with Gasteiger partial charge in [0, 0.05) is 18.8 Å². The number of rotatable bonds is 3. The summed E-state index contributed by atoms with van der Waals surface area (Å²) >= 11 is 0. The van der Waals surface area contributed by atoms with Crippen LogP contribution < -0.4 is 5.32 Å². The molecule has 1 aliphatic heterocycles. The normalized spacial score (nSPS) is 20.3. The molecule has 1 aromatic heterocycles. The number of aryl methyl sites for hydroxylation is 1. The zero-order valence-electron chi connectivity index (χ0n) is 10.0. The standard InChI is InChI=1S/C12H18N2O2S/c1-10-2-3-12(13-8-10)9-14-11-4-6-17(15,16)7-5-11/h2-3,8,11,14H,4-7,9H2,1H3. The summed E-state index contributed by atoms with van der Waals surface area (Å²) in [6.07, 6.45) is 3.28. The first kappa shape index (κ1) is 12.5. The lowest BCUT2D eigenvalue weighted by atomic mass is 10.1. The van der Waals surface area contributed by atoms with Crippen molar-refractivity contribution in [1.29, 1.82) is 0 Å². The Morgan fingerprint density at radius 3 is 2.65 bits per heavy atom. The third-order valence-corrected chi connectivity index (χ3v) is 4.81. The third-order valence-electron chi connectivity index (χ3n) is 3.10. The number of hydrogen-bond donors (Lipinski definition) is 1. The number of nitrogens with zero attached hydrogens (tertiary/aromatic N) is 1. The molecular formula is C12H18N2O2S. The van der Waals surface area contributed by atoms with Gasteiger partial charge in [0.25, 0.3) is 0 Å². The molecule has 0 radical (unpaired) electrons. The molecule has 94 valence electrons. The Balaban J connectivity index is 1.81. The fourth-order valence-corrected chi connectivity index (χ4v) is 3.44. The molecule has 4 nitrogen and oxygen atoms in total. The highest BCUT2D eigenvalue weighted by atomic mass is 32.2. The van der Waals surface area contributed by atoms with E-state index in [1.807, 2.05) is 25.3 Å². The smallest absolute Gasteiger partial charge is 0.150 e. The SMILES string of the molecule is Cc1ccc(CNC2CCS(=O)(=O)CC2)nc1. The predicted molar refractivity (Wildman–Crippen MR) is 67.5 cm³/mol. The Morgan fingerprint density at radius 1 is 1.35 bits per heavy atom. The van der Waals surface area contributed by atoms with Crippen LogP contribution in [0.15, 0.2) is 18.3 Å². The average molecular weight is 254 g/mol. The molecule has 0 atom stereocenters. The van der Waals surface area contributed by atoms with Crippen molar-refractivity contribution in [1.82, 2.24) is 10.3 Å². The molecule has 0 bridgehead atoms. The van der Waals surface area contributed by atoms with Gasteiger partial charge in [-0.2, -0.15) is 0 Å². The van der Waals surface area contributed by atoms with Crippen molar-refractivity contribution in [2.75, 3.05) is 11.5 Å². The van der Waals surface area contributed by atoms with Crippen molar-refractivity contribution in [2.45, 2.75) is 32.4 Å². The van der Waals surface area contributed by atoms with E-state index in [0.29, 0.717) is 36.9 Å². The van der Waals surface area contributed by atoms with E-state index in [4.69, 9.17) is 0 Å². The number of hydrogen-bond acceptors (Lipinski definition) is 4. The third kappa shape index (κ3) is 3.78. The van der Waals surface area contributed by atoms with Gasteiger partial charge in [-0.15, -0.1) is 0 Å². The van der Waals surface area contributed by atoms with Crippen LogP contribution >= 0.6 is 0 Å². The Hall–Kier alpha value is -0.940. The average Bonchev–Trinajstić information content (AvgIpc) is 2.30. The molecule has 1 aromatic rings. The molecule has 5 heteroatoms. The fourth-order valence-electron chi connectivity index (χ4n) is 1.95. The molecule has 1 fully saturated rings. The highest BCUT2D eigenvalue weighted by Crippen LogP contribution is 2.12. The Kier molecular flexibility index (Phi) is 3.79. The van der Waals surface area contributed by atoms with Gasteiger partial charge < -0.3 is 5.32 Å². The number of pyridine rings is 1. The van der Waals surface area contributed by atoms with Gasteiger partial charge in [-0.25, -0.2) is 8.42 Å². The van der Waals surface area contributed by atoms with E-state index in [-0.39, 0.29) is 0 Å². The molecule has 0 saturated carbocycles. The van der Waals surface area contributed by atoms with Gasteiger partial charge in [0.2, 0.25) is 0 Å². The van der Waals surface area contributed by atoms with Crippen LogP contribution in [0, 0.1) is 6.92 Å². The highest BCUT2D eigenvalue weighted by molar-refractivity contribution is 7.91. The van der Waals surface area contributed by atoms with Crippen molar-refractivity contribution in [3.05, 3.63) is 29.6 Å². The monoisotopic (exact) mass is 254 g/mol. The summed E-state index contributed by atoms with van der Waals surface area (Å²) < 4.78 is 22.5. The van der Waals surface area contributed by atoms with Crippen LogP contribution in [0.2, 0.25) is 0 Å². The van der Waals surface area contributed by atoms with Crippen LogP contribution in [0.3, 0.4) is 0 Å². The van der Waals surface area contributed by atoms with E-state index < -0.39 is 9.84 Å². The van der Waals surface area contributed by atoms with E-state index in [2.05, 4.69) is 10.3 Å². The van der Waals surface area contributed by atoms with Crippen molar-refractivity contribution in [3.8, 4) is 0 Å². The van der Waals surface area contributed by atoms with E-state index in [1.165, 1.54) is 0 Å². The molecule has 0 aromatic carbocycles. The lowest BCUT2D eigenvalue weighted by Gasteiger charge is -2.22. The zero-order chi connectivity index (χ0) is 12.3. The Labute approximate surface area is 102 Å². The highest BCUT2D eigenvalue weighted by Gasteiger charge is 2.22. The molecule has 0 unspecified atom stereocenters. The first-order valence-electron chi connectivity index (χ1n) is 5.90. The molecule has 1 N–H and O–H groups in total. The molecule has 1 saturated heterocycles. The predicted octanol–water partition coefficient (Wildman–Crippen LogP) is 1.06. The van der Waals surface area contributed by atoms with Crippen LogP contribution in [-0.2, 0) is 16.4 Å². The molecular weight excluding hydrogens is 236 g/mol. The summed E-state index contributed by atoms with van der Waals surface area (Å²) in [5, 5.41) is 3.37. The molecule has 0 amide bonds. The van der Waals surface area contributed by atoms with Gasteiger partial charge in [-0.3, -0.25) is 4.98 Å². The molecule has 0 spiro atoms. The van der Waals surface area contributed by atoms with Gasteiger partial charge in [0.1, 0.15) is 9.84 Å². The van der Waals surface area contributed by atoms with Gasteiger partial charge in [-0.1, -0.05) is 6.07 Å². The van der Waals surface area contributed by atoms with Crippen LogP contribution in [0.5, 0.6) is 0 Å². The van der Waals surface area contributed by atoms with Crippen molar-refractivity contribution in [2.24, 2.45) is 0 Å². The quantitative estimate of drug-likeness (QED) is 0.876. The van der Waals surface area contributed by atoms with Crippen LogP contribution in [0.25, 0.3) is 0 Å². The minimum atomic E-state index is -2.76. The van der Waals surface area contributed by atoms with Gasteiger partial charge in [0.05, 0.1) is 17.2 Å². The van der Waals surface area contributed by atoms with Crippen LogP contribution in [-0.4, -0.2) is 30.9 Å². The molecule has 1 aliphatic rings. The van der Waals surface area contributed by atoms with E-state index >= 15 is 0 Å². The summed E-state index contributed by atoms with van der Waals surface area (Å²) in [4.78, 5) is 4.31. The molecule has 2 rings (SSSR count). The second-order valence-corrected chi connectivity index (χ2v) is 6.94. The van der Waals surface area contributed by atoms with Gasteiger partial charge >= 0.3 is 0 Å². The molecule has 0 aliphatic carbocycles. The minimum Gasteiger partial charge on any atom is -0.308 e. The Bertz CT molecular complexity index is 454. The van der Waals surface area contributed by atoms with E-state index in [1.54, 1.807) is 0 Å². The first-order valence-corrected chi connectivity index (χ1v) is 7.73. The largest absolute Gasteiger partial charge is 0.308 e. The van der Waals surface area contributed by atoms with Crippen molar-refractivity contribution >= 4 is 9.84 Å². The van der Waals surface area contributed by atoms with Crippen molar-refractivity contribution < 1.29 is 8.42 Å². The first-order chi connectivity index (χ1) is 8.05. The number of sulfone groups is 1. The molecule has 2 heterocycles. The topological polar surface area (TPSA) is 59.1 Å². The minimum absolute atomic E-state index is 0.307. The summed E-state index contributed by atoms with van der Waals surface area (Å²) in [7, 11) is -2.76. The number of aromatic nitrogens is 1. The van der Waals surface area contributed by atoms with E-state index in [0.717, 1.165) is 11.3 Å². The lowest BCUT2D eigenvalue weighted by molar-refractivity contribution is 0.460. The maximum absolute atomic E-state index is 11.3. The van der Waals surface area contributed by atoms with Crippen molar-refractivity contribution in [3.63, 3.8) is 0 Å². The summed E-state index contributed by atoms with van der Waals surface area (Å²) in [5.41, 5.74) is 2.15. The second-order valence-electron chi connectivity index (χ2n) is 4.63. The van der Waals surface area contributed by atoms with Crippen LogP contribution in [0.4, 0.5) is 0 Å². The maximum atomic E-state index is 11.3. The molecule has 17 heavy (non-hydrogen) atoms. The number of nitrogens with one attached hydrogen (secondary N) is 1. The summed E-state index contributed by atoms with van der Waals surface area (Å²) in [6, 6.07) is 4.35. The lowest BCUT2D eigenvalue weighted by Crippen LogP contribution is -2.37. The van der Waals surface area contributed by atoms with E-state index in [9.17, 15) is 8.42 Å². The maximum Gasteiger partial charge on any atom is 0.150 e. The summed E-state index contributed by atoms with van der Waals surface area (Å²) in [6.45, 7) is 2.72. The summed E-state index contributed by atoms with van der Waals surface area (Å²) in [5.74, 6) is 0.623. The zero-order valence-corrected chi connectivity index (χ0v) is 10.8. The fraction of sp³-hybridized carbons (Fsp3) is 0.583.